The monoisotopic (exact) mass is 383 g/mol. The van der Waals surface area contributed by atoms with Crippen LogP contribution in [0.5, 0.6) is 0 Å². The summed E-state index contributed by atoms with van der Waals surface area (Å²) in [5.41, 5.74) is 3.64. The number of hydrogen-bond donors (Lipinski definition) is 0. The second-order valence-corrected chi connectivity index (χ2v) is 8.69. The predicted octanol–water partition coefficient (Wildman–Crippen LogP) is 4.15. The van der Waals surface area contributed by atoms with Gasteiger partial charge in [-0.25, -0.2) is 0 Å². The summed E-state index contributed by atoms with van der Waals surface area (Å²) in [6.07, 6.45) is 10.7. The molecule has 27 heavy (non-hydrogen) atoms. The molecule has 4 rings (SSSR count). The van der Waals surface area contributed by atoms with Crippen molar-refractivity contribution in [3.8, 4) is 0 Å². The van der Waals surface area contributed by atoms with Crippen molar-refractivity contribution in [3.63, 3.8) is 0 Å². The van der Waals surface area contributed by atoms with E-state index >= 15 is 0 Å². The fraction of sp³-hybridized carbons (Fsp3) is 0.545. The van der Waals surface area contributed by atoms with Crippen LogP contribution in [0.4, 0.5) is 0 Å². The molecular weight excluding hydrogens is 354 g/mol. The lowest BCUT2D eigenvalue weighted by Crippen LogP contribution is -2.49. The van der Waals surface area contributed by atoms with E-state index in [4.69, 9.17) is 0 Å². The first-order chi connectivity index (χ1) is 13.3. The van der Waals surface area contributed by atoms with E-state index in [-0.39, 0.29) is 5.91 Å². The minimum Gasteiger partial charge on any atom is -0.337 e. The van der Waals surface area contributed by atoms with E-state index in [1.54, 1.807) is 11.3 Å². The van der Waals surface area contributed by atoms with E-state index in [9.17, 15) is 4.79 Å². The van der Waals surface area contributed by atoms with Crippen molar-refractivity contribution in [3.05, 3.63) is 51.5 Å². The molecule has 0 N–H and O–H groups in total. The van der Waals surface area contributed by atoms with Crippen LogP contribution in [0.1, 0.15) is 59.0 Å². The van der Waals surface area contributed by atoms with Crippen molar-refractivity contribution in [2.45, 2.75) is 58.0 Å². The number of thiophene rings is 1. The first-order valence-corrected chi connectivity index (χ1v) is 11.2. The van der Waals surface area contributed by atoms with Crippen molar-refractivity contribution >= 4 is 17.2 Å². The SMILES string of the molecule is CCN(Cc1ccncc1)C1CCCN(C(=O)c2csc3c2CCCC3)C1. The van der Waals surface area contributed by atoms with Crippen molar-refractivity contribution in [2.75, 3.05) is 19.6 Å². The third kappa shape index (κ3) is 4.09. The lowest BCUT2D eigenvalue weighted by atomic mass is 9.94. The molecule has 2 aromatic heterocycles. The molecule has 0 bridgehead atoms. The number of carbonyl (C=O) groups is 1. The molecular formula is C22H29N3OS. The molecule has 1 amide bonds. The second kappa shape index (κ2) is 8.53. The van der Waals surface area contributed by atoms with Crippen LogP contribution in [-0.4, -0.2) is 46.4 Å². The van der Waals surface area contributed by atoms with Gasteiger partial charge in [0.15, 0.2) is 0 Å². The molecule has 2 aliphatic rings. The van der Waals surface area contributed by atoms with Crippen molar-refractivity contribution < 1.29 is 4.79 Å². The van der Waals surface area contributed by atoms with Crippen LogP contribution in [0.3, 0.4) is 0 Å². The molecule has 144 valence electrons. The molecule has 5 heteroatoms. The van der Waals surface area contributed by atoms with Crippen LogP contribution in [0.25, 0.3) is 0 Å². The minimum absolute atomic E-state index is 0.263. The Hall–Kier alpha value is -1.72. The second-order valence-electron chi connectivity index (χ2n) is 7.72. The third-order valence-corrected chi connectivity index (χ3v) is 7.12. The van der Waals surface area contributed by atoms with Gasteiger partial charge >= 0.3 is 0 Å². The Kier molecular flexibility index (Phi) is 5.89. The molecule has 0 saturated carbocycles. The zero-order valence-corrected chi connectivity index (χ0v) is 17.0. The predicted molar refractivity (Wildman–Crippen MR) is 110 cm³/mol. The lowest BCUT2D eigenvalue weighted by molar-refractivity contribution is 0.0568. The molecule has 4 nitrogen and oxygen atoms in total. The number of hydrogen-bond acceptors (Lipinski definition) is 4. The average Bonchev–Trinajstić information content (AvgIpc) is 3.16. The number of nitrogens with zero attached hydrogens (tertiary/aromatic N) is 3. The number of aromatic nitrogens is 1. The zero-order chi connectivity index (χ0) is 18.6. The highest BCUT2D eigenvalue weighted by atomic mass is 32.1. The van der Waals surface area contributed by atoms with E-state index in [0.29, 0.717) is 6.04 Å². The number of amides is 1. The van der Waals surface area contributed by atoms with Crippen LogP contribution in [-0.2, 0) is 19.4 Å². The Bertz CT molecular complexity index is 773. The summed E-state index contributed by atoms with van der Waals surface area (Å²) in [7, 11) is 0. The molecule has 1 aliphatic carbocycles. The molecule has 0 radical (unpaired) electrons. The van der Waals surface area contributed by atoms with E-state index < -0.39 is 0 Å². The molecule has 0 spiro atoms. The van der Waals surface area contributed by atoms with Crippen LogP contribution in [0.15, 0.2) is 29.9 Å². The van der Waals surface area contributed by atoms with E-state index in [2.05, 4.69) is 39.2 Å². The molecule has 1 saturated heterocycles. The van der Waals surface area contributed by atoms with Crippen molar-refractivity contribution in [2.24, 2.45) is 0 Å². The van der Waals surface area contributed by atoms with Crippen molar-refractivity contribution in [1.29, 1.82) is 0 Å². The van der Waals surface area contributed by atoms with E-state index in [1.807, 2.05) is 12.4 Å². The first-order valence-electron chi connectivity index (χ1n) is 10.3. The number of rotatable bonds is 5. The quantitative estimate of drug-likeness (QED) is 0.778. The maximum atomic E-state index is 13.3. The molecule has 1 fully saturated rings. The molecule has 1 unspecified atom stereocenters. The summed E-state index contributed by atoms with van der Waals surface area (Å²) in [6, 6.07) is 4.62. The molecule has 2 aromatic rings. The number of carbonyl (C=O) groups excluding carboxylic acids is 1. The summed E-state index contributed by atoms with van der Waals surface area (Å²) in [5, 5.41) is 2.12. The Morgan fingerprint density at radius 2 is 2.07 bits per heavy atom. The fourth-order valence-corrected chi connectivity index (χ4v) is 5.62. The largest absolute Gasteiger partial charge is 0.337 e. The third-order valence-electron chi connectivity index (χ3n) is 6.03. The summed E-state index contributed by atoms with van der Waals surface area (Å²) in [4.78, 5) is 23.4. The normalized spacial score (nSPS) is 19.9. The number of likely N-dealkylation sites (tertiary alicyclic amines) is 1. The first kappa shape index (κ1) is 18.6. The highest BCUT2D eigenvalue weighted by Gasteiger charge is 2.30. The van der Waals surface area contributed by atoms with Gasteiger partial charge in [-0.05, 0) is 68.3 Å². The van der Waals surface area contributed by atoms with Gasteiger partial charge in [-0.2, -0.15) is 0 Å². The van der Waals surface area contributed by atoms with E-state index in [0.717, 1.165) is 51.0 Å². The average molecular weight is 384 g/mol. The fourth-order valence-electron chi connectivity index (χ4n) is 4.50. The minimum atomic E-state index is 0.263. The maximum absolute atomic E-state index is 13.3. The topological polar surface area (TPSA) is 36.4 Å². The standard InChI is InChI=1S/C22H29N3OS/c1-2-24(14-17-9-11-23-12-10-17)18-6-5-13-25(15-18)22(26)20-16-27-21-8-4-3-7-19(20)21/h9-12,16,18H,2-8,13-15H2,1H3. The number of pyridine rings is 1. The summed E-state index contributed by atoms with van der Waals surface area (Å²) >= 11 is 1.79. The summed E-state index contributed by atoms with van der Waals surface area (Å²) in [5.74, 6) is 0.263. The molecule has 1 aliphatic heterocycles. The molecule has 1 atom stereocenters. The Labute approximate surface area is 166 Å². The number of piperidine rings is 1. The lowest BCUT2D eigenvalue weighted by Gasteiger charge is -2.39. The number of fused-ring (bicyclic) bond motifs is 1. The van der Waals surface area contributed by atoms with Gasteiger partial charge in [0.1, 0.15) is 0 Å². The Morgan fingerprint density at radius 3 is 2.89 bits per heavy atom. The molecule has 0 aromatic carbocycles. The Balaban J connectivity index is 1.45. The maximum Gasteiger partial charge on any atom is 0.255 e. The highest BCUT2D eigenvalue weighted by molar-refractivity contribution is 7.10. The van der Waals surface area contributed by atoms with Crippen LogP contribution in [0, 0.1) is 0 Å². The highest BCUT2D eigenvalue weighted by Crippen LogP contribution is 2.31. The summed E-state index contributed by atoms with van der Waals surface area (Å²) < 4.78 is 0. The van der Waals surface area contributed by atoms with Gasteiger partial charge in [-0.1, -0.05) is 6.92 Å². The van der Waals surface area contributed by atoms with Crippen molar-refractivity contribution in [1.82, 2.24) is 14.8 Å². The van der Waals surface area contributed by atoms with Crippen LogP contribution in [0.2, 0.25) is 0 Å². The number of likely N-dealkylation sites (N-methyl/N-ethyl adjacent to an activating group) is 1. The van der Waals surface area contributed by atoms with Crippen LogP contribution >= 0.6 is 11.3 Å². The van der Waals surface area contributed by atoms with Gasteiger partial charge in [-0.3, -0.25) is 14.7 Å². The van der Waals surface area contributed by atoms with E-state index in [1.165, 1.54) is 35.3 Å². The summed E-state index contributed by atoms with van der Waals surface area (Å²) in [6.45, 7) is 5.90. The van der Waals surface area contributed by atoms with Gasteiger partial charge in [0.25, 0.3) is 5.91 Å². The van der Waals surface area contributed by atoms with Gasteiger partial charge in [0.2, 0.25) is 0 Å². The van der Waals surface area contributed by atoms with Gasteiger partial charge < -0.3 is 4.90 Å². The Morgan fingerprint density at radius 1 is 1.26 bits per heavy atom. The van der Waals surface area contributed by atoms with Gasteiger partial charge in [0, 0.05) is 48.3 Å². The van der Waals surface area contributed by atoms with Crippen LogP contribution < -0.4 is 0 Å². The zero-order valence-electron chi connectivity index (χ0n) is 16.2. The van der Waals surface area contributed by atoms with Gasteiger partial charge in [-0.15, -0.1) is 11.3 Å². The smallest absolute Gasteiger partial charge is 0.255 e. The van der Waals surface area contributed by atoms with Gasteiger partial charge in [0.05, 0.1) is 5.56 Å². The number of aryl methyl sites for hydroxylation is 1. The molecule has 3 heterocycles.